The zero-order chi connectivity index (χ0) is 19.1. The molecule has 7 nitrogen and oxygen atoms in total. The fourth-order valence-electron chi connectivity index (χ4n) is 2.42. The van der Waals surface area contributed by atoms with Crippen LogP contribution in [0.25, 0.3) is 0 Å². The fourth-order valence-corrected chi connectivity index (χ4v) is 3.06. The van der Waals surface area contributed by atoms with Gasteiger partial charge in [0.25, 0.3) is 0 Å². The number of hydrogen-bond donors (Lipinski definition) is 4. The zero-order valence-electron chi connectivity index (χ0n) is 15.2. The molecule has 0 fully saturated rings. The van der Waals surface area contributed by atoms with E-state index in [1.165, 1.54) is 11.5 Å². The van der Waals surface area contributed by atoms with E-state index in [2.05, 4.69) is 20.5 Å². The molecule has 0 bridgehead atoms. The van der Waals surface area contributed by atoms with Gasteiger partial charge in [-0.3, -0.25) is 0 Å². The number of benzene rings is 2. The van der Waals surface area contributed by atoms with Crippen LogP contribution in [0.4, 0.5) is 10.7 Å². The minimum Gasteiger partial charge on any atom is -0.497 e. The molecule has 0 aliphatic carbocycles. The summed E-state index contributed by atoms with van der Waals surface area (Å²) in [7, 11) is 3.28. The van der Waals surface area contributed by atoms with Gasteiger partial charge < -0.3 is 25.3 Å². The second-order valence-electron chi connectivity index (χ2n) is 5.74. The first-order valence-electron chi connectivity index (χ1n) is 8.37. The molecule has 0 spiro atoms. The number of aromatic hydroxyl groups is 1. The monoisotopic (exact) mass is 386 g/mol. The second kappa shape index (κ2) is 9.11. The largest absolute Gasteiger partial charge is 0.497 e. The van der Waals surface area contributed by atoms with Crippen LogP contribution in [0.1, 0.15) is 11.1 Å². The van der Waals surface area contributed by atoms with Crippen LogP contribution in [0.3, 0.4) is 0 Å². The molecule has 0 saturated heterocycles. The number of hydrogen-bond acceptors (Lipinski definition) is 8. The van der Waals surface area contributed by atoms with Gasteiger partial charge in [0.15, 0.2) is 0 Å². The number of nitrogens with one attached hydrogen (secondary N) is 3. The van der Waals surface area contributed by atoms with E-state index < -0.39 is 0 Å². The van der Waals surface area contributed by atoms with Gasteiger partial charge in [-0.15, -0.1) is 0 Å². The van der Waals surface area contributed by atoms with Crippen LogP contribution in [0.2, 0.25) is 0 Å². The number of aromatic nitrogens is 1. The van der Waals surface area contributed by atoms with Gasteiger partial charge >= 0.3 is 0 Å². The first-order chi connectivity index (χ1) is 13.2. The zero-order valence-corrected chi connectivity index (χ0v) is 16.0. The standard InChI is InChI=1S/C19H22N4O3S/c1-25-15-7-3-13(4-8-15)11-20-19-17(18(24)23-27-19)22-21-12-14-5-9-16(26-2)10-6-14/h3-10,20-22H,11-12H2,1-2H3,(H,23,24). The van der Waals surface area contributed by atoms with Gasteiger partial charge in [-0.1, -0.05) is 24.3 Å². The van der Waals surface area contributed by atoms with Crippen LogP contribution in [0.5, 0.6) is 17.4 Å². The van der Waals surface area contributed by atoms with E-state index in [1.54, 1.807) is 14.2 Å². The first kappa shape index (κ1) is 18.8. The Morgan fingerprint density at radius 2 is 1.44 bits per heavy atom. The van der Waals surface area contributed by atoms with Crippen molar-refractivity contribution < 1.29 is 14.6 Å². The number of nitrogens with zero attached hydrogens (tertiary/aromatic N) is 1. The maximum atomic E-state index is 9.99. The van der Waals surface area contributed by atoms with Crippen LogP contribution >= 0.6 is 11.5 Å². The number of methoxy groups -OCH3 is 2. The Kier molecular flexibility index (Phi) is 6.35. The highest BCUT2D eigenvalue weighted by atomic mass is 32.1. The minimum absolute atomic E-state index is 0.0422. The molecule has 0 atom stereocenters. The predicted octanol–water partition coefficient (Wildman–Crippen LogP) is 3.59. The average Bonchev–Trinajstić information content (AvgIpc) is 3.07. The van der Waals surface area contributed by atoms with Crippen LogP contribution in [-0.4, -0.2) is 23.7 Å². The molecule has 0 unspecified atom stereocenters. The lowest BCUT2D eigenvalue weighted by atomic mass is 10.2. The van der Waals surface area contributed by atoms with E-state index in [1.807, 2.05) is 48.5 Å². The average molecular weight is 386 g/mol. The van der Waals surface area contributed by atoms with E-state index in [9.17, 15) is 5.11 Å². The Morgan fingerprint density at radius 1 is 0.889 bits per heavy atom. The molecule has 4 N–H and O–H groups in total. The van der Waals surface area contributed by atoms with Gasteiger partial charge in [0, 0.05) is 13.1 Å². The van der Waals surface area contributed by atoms with E-state index in [-0.39, 0.29) is 5.88 Å². The second-order valence-corrected chi connectivity index (χ2v) is 6.51. The molecule has 8 heteroatoms. The highest BCUT2D eigenvalue weighted by molar-refractivity contribution is 7.11. The van der Waals surface area contributed by atoms with Crippen molar-refractivity contribution in [2.24, 2.45) is 0 Å². The van der Waals surface area contributed by atoms with Crippen molar-refractivity contribution in [3.8, 4) is 17.4 Å². The minimum atomic E-state index is -0.0422. The lowest BCUT2D eigenvalue weighted by molar-refractivity contribution is 0.414. The lowest BCUT2D eigenvalue weighted by Crippen LogP contribution is -2.21. The summed E-state index contributed by atoms with van der Waals surface area (Å²) in [5.74, 6) is 1.59. The fraction of sp³-hybridized carbons (Fsp3) is 0.211. The van der Waals surface area contributed by atoms with Crippen LogP contribution in [0, 0.1) is 0 Å². The molecule has 0 aliphatic rings. The highest BCUT2D eigenvalue weighted by Crippen LogP contribution is 2.35. The summed E-state index contributed by atoms with van der Waals surface area (Å²) in [4.78, 5) is 0. The Balaban J connectivity index is 1.55. The molecular formula is C19H22N4O3S. The molecule has 27 heavy (non-hydrogen) atoms. The molecule has 2 aromatic carbocycles. The van der Waals surface area contributed by atoms with E-state index >= 15 is 0 Å². The normalized spacial score (nSPS) is 10.4. The summed E-state index contributed by atoms with van der Waals surface area (Å²) in [5, 5.41) is 14.0. The SMILES string of the molecule is COc1ccc(CNNc2c(O)nsc2NCc2ccc(OC)cc2)cc1. The van der Waals surface area contributed by atoms with Gasteiger partial charge in [0.1, 0.15) is 22.2 Å². The molecule has 0 saturated carbocycles. The van der Waals surface area contributed by atoms with Crippen molar-refractivity contribution in [2.45, 2.75) is 13.1 Å². The van der Waals surface area contributed by atoms with Crippen molar-refractivity contribution in [3.05, 3.63) is 59.7 Å². The van der Waals surface area contributed by atoms with Gasteiger partial charge in [-0.2, -0.15) is 4.37 Å². The van der Waals surface area contributed by atoms with E-state index in [0.717, 1.165) is 27.6 Å². The quantitative estimate of drug-likeness (QED) is 0.418. The van der Waals surface area contributed by atoms with Crippen LogP contribution in [-0.2, 0) is 13.1 Å². The molecule has 3 aromatic rings. The van der Waals surface area contributed by atoms with Gasteiger partial charge in [0.05, 0.1) is 14.2 Å². The summed E-state index contributed by atoms with van der Waals surface area (Å²) >= 11 is 1.20. The number of ether oxygens (including phenoxy) is 2. The smallest absolute Gasteiger partial charge is 0.250 e. The summed E-state index contributed by atoms with van der Waals surface area (Å²) in [6.07, 6.45) is 0. The topological polar surface area (TPSA) is 87.7 Å². The maximum absolute atomic E-state index is 9.99. The molecule has 142 valence electrons. The predicted molar refractivity (Wildman–Crippen MR) is 108 cm³/mol. The van der Waals surface area contributed by atoms with Crippen molar-refractivity contribution in [1.82, 2.24) is 9.80 Å². The molecule has 0 radical (unpaired) electrons. The van der Waals surface area contributed by atoms with Gasteiger partial charge in [-0.05, 0) is 46.9 Å². The first-order valence-corrected chi connectivity index (χ1v) is 9.14. The third-order valence-corrected chi connectivity index (χ3v) is 4.75. The number of hydrazine groups is 1. The van der Waals surface area contributed by atoms with E-state index in [4.69, 9.17) is 9.47 Å². The van der Waals surface area contributed by atoms with Crippen molar-refractivity contribution in [1.29, 1.82) is 0 Å². The summed E-state index contributed by atoms with van der Waals surface area (Å²) in [6.45, 7) is 1.19. The van der Waals surface area contributed by atoms with Gasteiger partial charge in [0.2, 0.25) is 5.88 Å². The number of anilines is 2. The van der Waals surface area contributed by atoms with Crippen LogP contribution in [0.15, 0.2) is 48.5 Å². The third-order valence-electron chi connectivity index (χ3n) is 3.95. The van der Waals surface area contributed by atoms with Crippen molar-refractivity contribution >= 4 is 22.2 Å². The number of rotatable bonds is 9. The highest BCUT2D eigenvalue weighted by Gasteiger charge is 2.12. The summed E-state index contributed by atoms with van der Waals surface area (Å²) in [6, 6.07) is 15.6. The molecule has 0 aliphatic heterocycles. The van der Waals surface area contributed by atoms with Crippen molar-refractivity contribution in [2.75, 3.05) is 25.0 Å². The molecule has 1 aromatic heterocycles. The molecule has 0 amide bonds. The third kappa shape index (κ3) is 5.02. The van der Waals surface area contributed by atoms with Crippen molar-refractivity contribution in [3.63, 3.8) is 0 Å². The van der Waals surface area contributed by atoms with Gasteiger partial charge in [-0.25, -0.2) is 5.43 Å². The Hall–Kier alpha value is -2.97. The van der Waals surface area contributed by atoms with Crippen LogP contribution < -0.4 is 25.6 Å². The Labute approximate surface area is 162 Å². The lowest BCUT2D eigenvalue weighted by Gasteiger charge is -2.11. The summed E-state index contributed by atoms with van der Waals surface area (Å²) in [5.41, 5.74) is 8.83. The Morgan fingerprint density at radius 3 is 2.00 bits per heavy atom. The maximum Gasteiger partial charge on any atom is 0.250 e. The summed E-state index contributed by atoms with van der Waals surface area (Å²) < 4.78 is 14.3. The molecule has 3 rings (SSSR count). The Bertz CT molecular complexity index is 850. The molecule has 1 heterocycles. The molecular weight excluding hydrogens is 364 g/mol. The van der Waals surface area contributed by atoms with E-state index in [0.29, 0.717) is 18.8 Å².